The summed E-state index contributed by atoms with van der Waals surface area (Å²) in [6.45, 7) is 2.79. The minimum Gasteiger partial charge on any atom is -0.481 e. The Morgan fingerprint density at radius 2 is 2.25 bits per heavy atom. The molecule has 0 spiro atoms. The van der Waals surface area contributed by atoms with Crippen molar-refractivity contribution in [1.29, 1.82) is 0 Å². The van der Waals surface area contributed by atoms with Gasteiger partial charge >= 0.3 is 0 Å². The molecule has 0 aliphatic carbocycles. The molecule has 4 heteroatoms. The Labute approximate surface area is 96.0 Å². The zero-order valence-corrected chi connectivity index (χ0v) is 9.61. The standard InChI is InChI=1S/C12H18N2O2/c1-15-12-3-2-11(9-14-12)13-8-10-4-6-16-7-5-10/h2-3,9-10,13H,4-8H2,1H3. The minimum atomic E-state index is 0.650. The number of hydrogen-bond acceptors (Lipinski definition) is 4. The first-order valence-electron chi connectivity index (χ1n) is 5.70. The highest BCUT2D eigenvalue weighted by molar-refractivity contribution is 5.41. The normalized spacial score (nSPS) is 17.1. The Morgan fingerprint density at radius 1 is 1.44 bits per heavy atom. The molecule has 1 fully saturated rings. The van der Waals surface area contributed by atoms with Gasteiger partial charge in [-0.1, -0.05) is 0 Å². The van der Waals surface area contributed by atoms with Gasteiger partial charge in [0.15, 0.2) is 0 Å². The molecule has 1 saturated heterocycles. The summed E-state index contributed by atoms with van der Waals surface area (Å²) in [6, 6.07) is 3.86. The average Bonchev–Trinajstić information content (AvgIpc) is 2.38. The van der Waals surface area contributed by atoms with Crippen molar-refractivity contribution in [1.82, 2.24) is 4.98 Å². The van der Waals surface area contributed by atoms with E-state index in [1.54, 1.807) is 13.3 Å². The fourth-order valence-corrected chi connectivity index (χ4v) is 1.82. The molecule has 0 unspecified atom stereocenters. The van der Waals surface area contributed by atoms with Crippen molar-refractivity contribution < 1.29 is 9.47 Å². The quantitative estimate of drug-likeness (QED) is 0.845. The third-order valence-electron chi connectivity index (χ3n) is 2.88. The summed E-state index contributed by atoms with van der Waals surface area (Å²) in [4.78, 5) is 4.15. The molecule has 4 nitrogen and oxygen atoms in total. The van der Waals surface area contributed by atoms with E-state index in [4.69, 9.17) is 9.47 Å². The van der Waals surface area contributed by atoms with E-state index < -0.39 is 0 Å². The van der Waals surface area contributed by atoms with Crippen LogP contribution in [0, 0.1) is 5.92 Å². The summed E-state index contributed by atoms with van der Waals surface area (Å²) >= 11 is 0. The second-order valence-electron chi connectivity index (χ2n) is 4.03. The number of ether oxygens (including phenoxy) is 2. The molecule has 0 saturated carbocycles. The maximum Gasteiger partial charge on any atom is 0.213 e. The second kappa shape index (κ2) is 5.70. The summed E-state index contributed by atoms with van der Waals surface area (Å²) < 4.78 is 10.3. The molecule has 0 radical (unpaired) electrons. The molecule has 1 aromatic rings. The number of anilines is 1. The molecule has 88 valence electrons. The van der Waals surface area contributed by atoms with Gasteiger partial charge in [0.2, 0.25) is 5.88 Å². The van der Waals surface area contributed by atoms with Crippen molar-refractivity contribution in [3.05, 3.63) is 18.3 Å². The van der Waals surface area contributed by atoms with Gasteiger partial charge in [-0.25, -0.2) is 4.98 Å². The Morgan fingerprint density at radius 3 is 2.88 bits per heavy atom. The summed E-state index contributed by atoms with van der Waals surface area (Å²) in [5, 5.41) is 3.39. The largest absolute Gasteiger partial charge is 0.481 e. The SMILES string of the molecule is COc1ccc(NCC2CCOCC2)cn1. The van der Waals surface area contributed by atoms with E-state index in [-0.39, 0.29) is 0 Å². The molecule has 0 bridgehead atoms. The summed E-state index contributed by atoms with van der Waals surface area (Å²) in [6.07, 6.45) is 4.10. The molecule has 2 heterocycles. The van der Waals surface area contributed by atoms with Crippen LogP contribution in [0.3, 0.4) is 0 Å². The molecule has 16 heavy (non-hydrogen) atoms. The zero-order chi connectivity index (χ0) is 11.2. The highest BCUT2D eigenvalue weighted by Gasteiger charge is 2.13. The van der Waals surface area contributed by atoms with Crippen molar-refractivity contribution >= 4 is 5.69 Å². The molecule has 1 aliphatic rings. The van der Waals surface area contributed by atoms with Gasteiger partial charge in [0, 0.05) is 25.8 Å². The number of nitrogens with one attached hydrogen (secondary N) is 1. The number of pyridine rings is 1. The van der Waals surface area contributed by atoms with E-state index in [9.17, 15) is 0 Å². The van der Waals surface area contributed by atoms with Gasteiger partial charge in [-0.3, -0.25) is 0 Å². The predicted molar refractivity (Wildman–Crippen MR) is 62.8 cm³/mol. The smallest absolute Gasteiger partial charge is 0.213 e. The fraction of sp³-hybridized carbons (Fsp3) is 0.583. The lowest BCUT2D eigenvalue weighted by molar-refractivity contribution is 0.0699. The second-order valence-corrected chi connectivity index (χ2v) is 4.03. The maximum atomic E-state index is 5.33. The number of rotatable bonds is 4. The van der Waals surface area contributed by atoms with E-state index in [0.29, 0.717) is 5.88 Å². The number of methoxy groups -OCH3 is 1. The van der Waals surface area contributed by atoms with Crippen LogP contribution in [0.5, 0.6) is 5.88 Å². The van der Waals surface area contributed by atoms with Crippen LogP contribution < -0.4 is 10.1 Å². The van der Waals surface area contributed by atoms with Crippen LogP contribution in [0.15, 0.2) is 18.3 Å². The molecular formula is C12H18N2O2. The van der Waals surface area contributed by atoms with Crippen molar-refractivity contribution in [2.75, 3.05) is 32.2 Å². The molecule has 0 amide bonds. The van der Waals surface area contributed by atoms with Crippen LogP contribution in [0.25, 0.3) is 0 Å². The molecule has 1 N–H and O–H groups in total. The molecule has 0 atom stereocenters. The van der Waals surface area contributed by atoms with Gasteiger partial charge in [0.1, 0.15) is 0 Å². The van der Waals surface area contributed by atoms with Crippen LogP contribution in [-0.2, 0) is 4.74 Å². The first-order valence-corrected chi connectivity index (χ1v) is 5.70. The highest BCUT2D eigenvalue weighted by Crippen LogP contribution is 2.16. The zero-order valence-electron chi connectivity index (χ0n) is 9.61. The van der Waals surface area contributed by atoms with Crippen LogP contribution in [0.2, 0.25) is 0 Å². The molecular weight excluding hydrogens is 204 g/mol. The minimum absolute atomic E-state index is 0.650. The third kappa shape index (κ3) is 3.10. The summed E-state index contributed by atoms with van der Waals surface area (Å²) in [5.41, 5.74) is 1.05. The van der Waals surface area contributed by atoms with E-state index in [1.807, 2.05) is 12.1 Å². The number of aromatic nitrogens is 1. The topological polar surface area (TPSA) is 43.4 Å². The van der Waals surface area contributed by atoms with Crippen molar-refractivity contribution in [3.63, 3.8) is 0 Å². The number of hydrogen-bond donors (Lipinski definition) is 1. The summed E-state index contributed by atoms with van der Waals surface area (Å²) in [5.74, 6) is 1.37. The van der Waals surface area contributed by atoms with Gasteiger partial charge in [0.05, 0.1) is 19.0 Å². The van der Waals surface area contributed by atoms with Crippen LogP contribution in [-0.4, -0.2) is 31.9 Å². The lowest BCUT2D eigenvalue weighted by Gasteiger charge is -2.22. The lowest BCUT2D eigenvalue weighted by Crippen LogP contribution is -2.22. The van der Waals surface area contributed by atoms with E-state index in [0.717, 1.165) is 44.2 Å². The van der Waals surface area contributed by atoms with Gasteiger partial charge in [-0.05, 0) is 24.8 Å². The average molecular weight is 222 g/mol. The summed E-state index contributed by atoms with van der Waals surface area (Å²) in [7, 11) is 1.62. The van der Waals surface area contributed by atoms with Crippen molar-refractivity contribution in [3.8, 4) is 5.88 Å². The van der Waals surface area contributed by atoms with Gasteiger partial charge < -0.3 is 14.8 Å². The Hall–Kier alpha value is -1.29. The molecule has 0 aromatic carbocycles. The first-order chi connectivity index (χ1) is 7.88. The van der Waals surface area contributed by atoms with Gasteiger partial charge in [-0.2, -0.15) is 0 Å². The molecule has 1 aromatic heterocycles. The third-order valence-corrected chi connectivity index (χ3v) is 2.88. The first kappa shape index (κ1) is 11.2. The lowest BCUT2D eigenvalue weighted by atomic mass is 10.0. The predicted octanol–water partition coefficient (Wildman–Crippen LogP) is 1.93. The van der Waals surface area contributed by atoms with E-state index >= 15 is 0 Å². The van der Waals surface area contributed by atoms with E-state index in [1.165, 1.54) is 0 Å². The van der Waals surface area contributed by atoms with Crippen molar-refractivity contribution in [2.45, 2.75) is 12.8 Å². The molecule has 2 rings (SSSR count). The Kier molecular flexibility index (Phi) is 3.99. The van der Waals surface area contributed by atoms with Crippen LogP contribution in [0.1, 0.15) is 12.8 Å². The van der Waals surface area contributed by atoms with Crippen LogP contribution >= 0.6 is 0 Å². The maximum absolute atomic E-state index is 5.33. The van der Waals surface area contributed by atoms with Gasteiger partial charge in [-0.15, -0.1) is 0 Å². The highest BCUT2D eigenvalue weighted by atomic mass is 16.5. The van der Waals surface area contributed by atoms with Crippen molar-refractivity contribution in [2.24, 2.45) is 5.92 Å². The fourth-order valence-electron chi connectivity index (χ4n) is 1.82. The van der Waals surface area contributed by atoms with Gasteiger partial charge in [0.25, 0.3) is 0 Å². The Balaban J connectivity index is 1.79. The van der Waals surface area contributed by atoms with Crippen LogP contribution in [0.4, 0.5) is 5.69 Å². The monoisotopic (exact) mass is 222 g/mol. The molecule has 1 aliphatic heterocycles. The van der Waals surface area contributed by atoms with E-state index in [2.05, 4.69) is 10.3 Å². The number of nitrogens with zero attached hydrogens (tertiary/aromatic N) is 1. The Bertz CT molecular complexity index is 307.